The highest BCUT2D eigenvalue weighted by Crippen LogP contribution is 2.15. The lowest BCUT2D eigenvalue weighted by Crippen LogP contribution is -2.14. The lowest BCUT2D eigenvalue weighted by Gasteiger charge is -2.05. The zero-order valence-corrected chi connectivity index (χ0v) is 11.2. The first kappa shape index (κ1) is 13.5. The van der Waals surface area contributed by atoms with Crippen LogP contribution in [0.1, 0.15) is 32.8 Å². The van der Waals surface area contributed by atoms with Gasteiger partial charge in [0.05, 0.1) is 0 Å². The van der Waals surface area contributed by atoms with Crippen molar-refractivity contribution in [2.75, 3.05) is 12.3 Å². The number of nitrogens with one attached hydrogen (secondary N) is 1. The minimum absolute atomic E-state index is 0.680. The van der Waals surface area contributed by atoms with Crippen LogP contribution in [-0.4, -0.2) is 22.3 Å². The third-order valence-electron chi connectivity index (χ3n) is 1.98. The maximum Gasteiger partial charge on any atom is 0.187 e. The van der Waals surface area contributed by atoms with Gasteiger partial charge in [-0.1, -0.05) is 32.5 Å². The minimum atomic E-state index is 0.680. The van der Waals surface area contributed by atoms with Gasteiger partial charge in [0.2, 0.25) is 0 Å². The van der Waals surface area contributed by atoms with Crippen molar-refractivity contribution in [1.29, 1.82) is 0 Å². The van der Waals surface area contributed by atoms with E-state index in [1.54, 1.807) is 11.8 Å². The fourth-order valence-electron chi connectivity index (χ4n) is 1.16. The lowest BCUT2D eigenvalue weighted by molar-refractivity contribution is 0.669. The smallest absolute Gasteiger partial charge is 0.187 e. The van der Waals surface area contributed by atoms with E-state index in [-0.39, 0.29) is 0 Å². The van der Waals surface area contributed by atoms with E-state index in [0.717, 1.165) is 36.0 Å². The Labute approximate surface area is 102 Å². The molecule has 1 rings (SSSR count). The molecule has 0 spiro atoms. The van der Waals surface area contributed by atoms with Gasteiger partial charge < -0.3 is 5.32 Å². The second-order valence-electron chi connectivity index (χ2n) is 4.26. The average Bonchev–Trinajstić information content (AvgIpc) is 2.28. The first-order valence-electron chi connectivity index (χ1n) is 5.86. The molecule has 1 aromatic rings. The average molecular weight is 239 g/mol. The number of hydrogen-bond donors (Lipinski definition) is 1. The molecule has 90 valence electrons. The van der Waals surface area contributed by atoms with E-state index in [1.807, 2.05) is 12.4 Å². The largest absolute Gasteiger partial charge is 0.313 e. The molecule has 0 aromatic carbocycles. The SMILES string of the molecule is CCCNCc1cnc(SCC(C)C)nc1. The molecular formula is C12H21N3S. The topological polar surface area (TPSA) is 37.8 Å². The van der Waals surface area contributed by atoms with Gasteiger partial charge in [0, 0.05) is 30.3 Å². The van der Waals surface area contributed by atoms with Gasteiger partial charge in [-0.05, 0) is 18.9 Å². The van der Waals surface area contributed by atoms with E-state index in [0.29, 0.717) is 5.92 Å². The molecular weight excluding hydrogens is 218 g/mol. The maximum absolute atomic E-state index is 4.34. The highest BCUT2D eigenvalue weighted by Gasteiger charge is 2.00. The van der Waals surface area contributed by atoms with E-state index in [9.17, 15) is 0 Å². The normalized spacial score (nSPS) is 11.0. The van der Waals surface area contributed by atoms with Gasteiger partial charge in [-0.2, -0.15) is 0 Å². The van der Waals surface area contributed by atoms with E-state index < -0.39 is 0 Å². The van der Waals surface area contributed by atoms with Crippen LogP contribution in [-0.2, 0) is 6.54 Å². The predicted octanol–water partition coefficient (Wildman–Crippen LogP) is 2.72. The van der Waals surface area contributed by atoms with Gasteiger partial charge in [0.15, 0.2) is 5.16 Å². The lowest BCUT2D eigenvalue weighted by atomic mass is 10.3. The summed E-state index contributed by atoms with van der Waals surface area (Å²) in [5.74, 6) is 1.76. The summed E-state index contributed by atoms with van der Waals surface area (Å²) < 4.78 is 0. The molecule has 4 heteroatoms. The van der Waals surface area contributed by atoms with Crippen LogP contribution in [0.15, 0.2) is 17.6 Å². The number of nitrogens with zero attached hydrogens (tertiary/aromatic N) is 2. The van der Waals surface area contributed by atoms with Gasteiger partial charge in [0.1, 0.15) is 0 Å². The molecule has 0 unspecified atom stereocenters. The summed E-state index contributed by atoms with van der Waals surface area (Å²) in [7, 11) is 0. The van der Waals surface area contributed by atoms with Crippen molar-refractivity contribution < 1.29 is 0 Å². The second-order valence-corrected chi connectivity index (χ2v) is 5.24. The van der Waals surface area contributed by atoms with Gasteiger partial charge in [-0.25, -0.2) is 9.97 Å². The van der Waals surface area contributed by atoms with Crippen LogP contribution in [0.2, 0.25) is 0 Å². The molecule has 1 N–H and O–H groups in total. The van der Waals surface area contributed by atoms with Crippen LogP contribution < -0.4 is 5.32 Å². The molecule has 0 saturated carbocycles. The van der Waals surface area contributed by atoms with Gasteiger partial charge in [-0.15, -0.1) is 0 Å². The molecule has 0 radical (unpaired) electrons. The number of rotatable bonds is 7. The molecule has 0 atom stereocenters. The zero-order chi connectivity index (χ0) is 11.8. The van der Waals surface area contributed by atoms with Crippen molar-refractivity contribution in [3.05, 3.63) is 18.0 Å². The predicted molar refractivity (Wildman–Crippen MR) is 69.6 cm³/mol. The first-order valence-corrected chi connectivity index (χ1v) is 6.85. The molecule has 0 bridgehead atoms. The van der Waals surface area contributed by atoms with Crippen molar-refractivity contribution >= 4 is 11.8 Å². The van der Waals surface area contributed by atoms with Crippen molar-refractivity contribution in [3.8, 4) is 0 Å². The molecule has 1 heterocycles. The van der Waals surface area contributed by atoms with Gasteiger partial charge in [-0.3, -0.25) is 0 Å². The summed E-state index contributed by atoms with van der Waals surface area (Å²) in [5, 5.41) is 4.22. The standard InChI is InChI=1S/C12H21N3S/c1-4-5-13-6-11-7-14-12(15-8-11)16-9-10(2)3/h7-8,10,13H,4-6,9H2,1-3H3. The number of hydrogen-bond acceptors (Lipinski definition) is 4. The van der Waals surface area contributed by atoms with E-state index >= 15 is 0 Å². The van der Waals surface area contributed by atoms with Crippen LogP contribution in [0.25, 0.3) is 0 Å². The monoisotopic (exact) mass is 239 g/mol. The van der Waals surface area contributed by atoms with Crippen molar-refractivity contribution in [2.24, 2.45) is 5.92 Å². The summed E-state index contributed by atoms with van der Waals surface area (Å²) in [4.78, 5) is 8.68. The highest BCUT2D eigenvalue weighted by molar-refractivity contribution is 7.99. The quantitative estimate of drug-likeness (QED) is 0.451. The molecule has 0 aliphatic carbocycles. The Bertz CT molecular complexity index is 285. The molecule has 0 aliphatic rings. The maximum atomic E-state index is 4.34. The number of aromatic nitrogens is 2. The molecule has 0 aliphatic heterocycles. The van der Waals surface area contributed by atoms with E-state index in [2.05, 4.69) is 36.1 Å². The third-order valence-corrected chi connectivity index (χ3v) is 3.29. The summed E-state index contributed by atoms with van der Waals surface area (Å²) in [6.07, 6.45) is 4.99. The fourth-order valence-corrected chi connectivity index (χ4v) is 1.90. The summed E-state index contributed by atoms with van der Waals surface area (Å²) >= 11 is 1.72. The van der Waals surface area contributed by atoms with E-state index in [1.165, 1.54) is 0 Å². The molecule has 0 amide bonds. The van der Waals surface area contributed by atoms with Crippen LogP contribution in [0.4, 0.5) is 0 Å². The Kier molecular flexibility index (Phi) is 6.42. The zero-order valence-electron chi connectivity index (χ0n) is 10.4. The second kappa shape index (κ2) is 7.63. The van der Waals surface area contributed by atoms with Crippen LogP contribution in [0.3, 0.4) is 0 Å². The van der Waals surface area contributed by atoms with Crippen molar-refractivity contribution in [1.82, 2.24) is 15.3 Å². The molecule has 0 saturated heterocycles. The Morgan fingerprint density at radius 2 is 2.00 bits per heavy atom. The fraction of sp³-hybridized carbons (Fsp3) is 0.667. The highest BCUT2D eigenvalue weighted by atomic mass is 32.2. The van der Waals surface area contributed by atoms with Crippen LogP contribution >= 0.6 is 11.8 Å². The minimum Gasteiger partial charge on any atom is -0.313 e. The van der Waals surface area contributed by atoms with Crippen LogP contribution in [0, 0.1) is 5.92 Å². The molecule has 0 fully saturated rings. The van der Waals surface area contributed by atoms with E-state index in [4.69, 9.17) is 0 Å². The third kappa shape index (κ3) is 5.47. The Hall–Kier alpha value is -0.610. The summed E-state index contributed by atoms with van der Waals surface area (Å²) in [5.41, 5.74) is 1.15. The molecule has 1 aromatic heterocycles. The molecule has 3 nitrogen and oxygen atoms in total. The molecule has 16 heavy (non-hydrogen) atoms. The van der Waals surface area contributed by atoms with Crippen LogP contribution in [0.5, 0.6) is 0 Å². The van der Waals surface area contributed by atoms with Gasteiger partial charge >= 0.3 is 0 Å². The Balaban J connectivity index is 2.35. The Morgan fingerprint density at radius 3 is 2.56 bits per heavy atom. The van der Waals surface area contributed by atoms with Crippen molar-refractivity contribution in [3.63, 3.8) is 0 Å². The van der Waals surface area contributed by atoms with Crippen molar-refractivity contribution in [2.45, 2.75) is 38.9 Å². The summed E-state index contributed by atoms with van der Waals surface area (Å²) in [6.45, 7) is 8.48. The number of thioether (sulfide) groups is 1. The van der Waals surface area contributed by atoms with Gasteiger partial charge in [0.25, 0.3) is 0 Å². The summed E-state index contributed by atoms with van der Waals surface area (Å²) in [6, 6.07) is 0. The first-order chi connectivity index (χ1) is 7.72. The Morgan fingerprint density at radius 1 is 1.31 bits per heavy atom.